The van der Waals surface area contributed by atoms with Crippen LogP contribution in [-0.4, -0.2) is 9.79 Å². The van der Waals surface area contributed by atoms with Gasteiger partial charge in [-0.05, 0) is 12.1 Å². The smallest absolute Gasteiger partial charge is 0.370 e. The number of benzene rings is 2. The summed E-state index contributed by atoms with van der Waals surface area (Å²) in [5, 5.41) is 0. The molecule has 2 aromatic rings. The van der Waals surface area contributed by atoms with Gasteiger partial charge in [0.05, 0.1) is 0 Å². The molecular weight excluding hydrogens is 251 g/mol. The van der Waals surface area contributed by atoms with E-state index in [4.69, 9.17) is 4.74 Å². The Morgan fingerprint density at radius 2 is 1.39 bits per heavy atom. The van der Waals surface area contributed by atoms with E-state index in [-0.39, 0.29) is 0 Å². The molecule has 0 saturated heterocycles. The molecule has 2 rings (SSSR count). The first kappa shape index (κ1) is 12.8. The molecule has 0 aromatic heterocycles. The topological polar surface area (TPSA) is 66.8 Å². The fourth-order valence-electron chi connectivity index (χ4n) is 1.58. The van der Waals surface area contributed by atoms with Gasteiger partial charge in [0, 0.05) is 5.56 Å². The van der Waals surface area contributed by atoms with E-state index in [1.807, 2.05) is 6.07 Å². The lowest BCUT2D eigenvalue weighted by Crippen LogP contribution is -2.08. The van der Waals surface area contributed by atoms with Gasteiger partial charge in [-0.25, -0.2) is 0 Å². The molecule has 0 radical (unpaired) electrons. The maximum Gasteiger partial charge on any atom is 0.370 e. The minimum Gasteiger partial charge on any atom is -0.473 e. The van der Waals surface area contributed by atoms with Gasteiger partial charge in [0.1, 0.15) is 5.75 Å². The van der Waals surface area contributed by atoms with E-state index in [0.29, 0.717) is 11.3 Å². The third-order valence-electron chi connectivity index (χ3n) is 2.38. The van der Waals surface area contributed by atoms with Gasteiger partial charge in [-0.1, -0.05) is 48.5 Å². The highest BCUT2D eigenvalue weighted by Gasteiger charge is 2.32. The summed E-state index contributed by atoms with van der Waals surface area (Å²) in [7, 11) is -4.39. The Kier molecular flexibility index (Phi) is 3.82. The molecule has 1 atom stereocenters. The SMILES string of the molecule is O=P(O)(O)C(Oc1ccccc1)c1ccccc1. The van der Waals surface area contributed by atoms with Crippen LogP contribution in [0.25, 0.3) is 0 Å². The van der Waals surface area contributed by atoms with Crippen LogP contribution < -0.4 is 4.74 Å². The monoisotopic (exact) mass is 264 g/mol. The molecule has 18 heavy (non-hydrogen) atoms. The average Bonchev–Trinajstić information content (AvgIpc) is 2.37. The summed E-state index contributed by atoms with van der Waals surface area (Å²) in [5.41, 5.74) is 0.453. The Hall–Kier alpha value is -1.61. The number of hydrogen-bond acceptors (Lipinski definition) is 2. The van der Waals surface area contributed by atoms with Crippen molar-refractivity contribution in [2.45, 2.75) is 5.85 Å². The predicted molar refractivity (Wildman–Crippen MR) is 68.3 cm³/mol. The zero-order chi connectivity index (χ0) is 13.0. The van der Waals surface area contributed by atoms with Gasteiger partial charge < -0.3 is 14.5 Å². The Morgan fingerprint density at radius 3 is 1.89 bits per heavy atom. The third-order valence-corrected chi connectivity index (χ3v) is 3.40. The van der Waals surface area contributed by atoms with E-state index in [9.17, 15) is 14.4 Å². The van der Waals surface area contributed by atoms with Crippen LogP contribution in [0.4, 0.5) is 0 Å². The molecule has 94 valence electrons. The third kappa shape index (κ3) is 3.20. The molecule has 0 amide bonds. The van der Waals surface area contributed by atoms with E-state index in [1.165, 1.54) is 0 Å². The lowest BCUT2D eigenvalue weighted by atomic mass is 10.2. The standard InChI is InChI=1S/C13H13O4P/c14-18(15,16)13(11-7-3-1-4-8-11)17-12-9-5-2-6-10-12/h1-10,13H,(H2,14,15,16). The summed E-state index contributed by atoms with van der Waals surface area (Å²) in [4.78, 5) is 18.8. The molecule has 0 aliphatic carbocycles. The Bertz CT molecular complexity index is 535. The van der Waals surface area contributed by atoms with Crippen molar-refractivity contribution in [2.75, 3.05) is 0 Å². The summed E-state index contributed by atoms with van der Waals surface area (Å²) in [6, 6.07) is 17.1. The second-order valence-corrected chi connectivity index (χ2v) is 5.43. The van der Waals surface area contributed by atoms with Gasteiger partial charge in [-0.2, -0.15) is 0 Å². The average molecular weight is 264 g/mol. The molecule has 4 nitrogen and oxygen atoms in total. The zero-order valence-corrected chi connectivity index (χ0v) is 10.4. The first-order chi connectivity index (χ1) is 8.57. The highest BCUT2D eigenvalue weighted by molar-refractivity contribution is 7.52. The molecule has 0 aliphatic heterocycles. The Labute approximate surface area is 105 Å². The maximum absolute atomic E-state index is 11.5. The van der Waals surface area contributed by atoms with Crippen LogP contribution >= 0.6 is 7.60 Å². The van der Waals surface area contributed by atoms with E-state index < -0.39 is 13.4 Å². The lowest BCUT2D eigenvalue weighted by molar-refractivity contribution is 0.226. The summed E-state index contributed by atoms with van der Waals surface area (Å²) in [5.74, 6) is -0.851. The van der Waals surface area contributed by atoms with Crippen molar-refractivity contribution in [3.8, 4) is 5.75 Å². The molecule has 5 heteroatoms. The van der Waals surface area contributed by atoms with E-state index in [2.05, 4.69) is 0 Å². The lowest BCUT2D eigenvalue weighted by Gasteiger charge is -2.20. The van der Waals surface area contributed by atoms with Crippen molar-refractivity contribution in [1.82, 2.24) is 0 Å². The highest BCUT2D eigenvalue weighted by Crippen LogP contribution is 2.52. The molecule has 0 bridgehead atoms. The zero-order valence-electron chi connectivity index (χ0n) is 9.51. The molecule has 0 saturated carbocycles. The fourth-order valence-corrected chi connectivity index (χ4v) is 2.40. The van der Waals surface area contributed by atoms with Crippen molar-refractivity contribution < 1.29 is 19.1 Å². The van der Waals surface area contributed by atoms with Gasteiger partial charge in [0.2, 0.25) is 5.85 Å². The van der Waals surface area contributed by atoms with Crippen molar-refractivity contribution in [2.24, 2.45) is 0 Å². The molecule has 0 fully saturated rings. The predicted octanol–water partition coefficient (Wildman–Crippen LogP) is 2.94. The van der Waals surface area contributed by atoms with Gasteiger partial charge in [-0.15, -0.1) is 0 Å². The normalized spacial score (nSPS) is 13.0. The first-order valence-electron chi connectivity index (χ1n) is 5.39. The molecule has 0 spiro atoms. The summed E-state index contributed by atoms with van der Waals surface area (Å²) in [6.45, 7) is 0. The van der Waals surface area contributed by atoms with E-state index in [0.717, 1.165) is 0 Å². The van der Waals surface area contributed by atoms with Crippen LogP contribution in [0.5, 0.6) is 5.75 Å². The van der Waals surface area contributed by atoms with E-state index in [1.54, 1.807) is 54.6 Å². The van der Waals surface area contributed by atoms with Crippen LogP contribution in [0.1, 0.15) is 11.4 Å². The number of rotatable bonds is 4. The molecule has 2 N–H and O–H groups in total. The van der Waals surface area contributed by atoms with Gasteiger partial charge >= 0.3 is 7.60 Å². The van der Waals surface area contributed by atoms with E-state index >= 15 is 0 Å². The van der Waals surface area contributed by atoms with Gasteiger partial charge in [0.15, 0.2) is 0 Å². The van der Waals surface area contributed by atoms with Crippen LogP contribution in [0.15, 0.2) is 60.7 Å². The second kappa shape index (κ2) is 5.36. The van der Waals surface area contributed by atoms with Crippen molar-refractivity contribution in [3.63, 3.8) is 0 Å². The Balaban J connectivity index is 2.31. The van der Waals surface area contributed by atoms with Crippen LogP contribution in [0.2, 0.25) is 0 Å². The Morgan fingerprint density at radius 1 is 0.889 bits per heavy atom. The van der Waals surface area contributed by atoms with Crippen LogP contribution in [-0.2, 0) is 4.57 Å². The summed E-state index contributed by atoms with van der Waals surface area (Å²) >= 11 is 0. The molecule has 0 heterocycles. The van der Waals surface area contributed by atoms with Gasteiger partial charge in [0.25, 0.3) is 0 Å². The van der Waals surface area contributed by atoms with Crippen molar-refractivity contribution in [3.05, 3.63) is 66.2 Å². The van der Waals surface area contributed by atoms with Crippen molar-refractivity contribution >= 4 is 7.60 Å². The largest absolute Gasteiger partial charge is 0.473 e. The number of hydrogen-bond donors (Lipinski definition) is 2. The molecular formula is C13H13O4P. The number of ether oxygens (including phenoxy) is 1. The molecule has 1 unspecified atom stereocenters. The van der Waals surface area contributed by atoms with Crippen LogP contribution in [0, 0.1) is 0 Å². The molecule has 2 aromatic carbocycles. The minimum absolute atomic E-state index is 0.426. The quantitative estimate of drug-likeness (QED) is 0.833. The first-order valence-corrected chi connectivity index (χ1v) is 7.07. The maximum atomic E-state index is 11.5. The van der Waals surface area contributed by atoms with Crippen LogP contribution in [0.3, 0.4) is 0 Å². The minimum atomic E-state index is -4.39. The highest BCUT2D eigenvalue weighted by atomic mass is 31.2. The fraction of sp³-hybridized carbons (Fsp3) is 0.0769. The van der Waals surface area contributed by atoms with Gasteiger partial charge in [-0.3, -0.25) is 4.57 Å². The summed E-state index contributed by atoms with van der Waals surface area (Å²) < 4.78 is 16.9. The van der Waals surface area contributed by atoms with Crippen molar-refractivity contribution in [1.29, 1.82) is 0 Å². The molecule has 0 aliphatic rings. The number of para-hydroxylation sites is 1. The second-order valence-electron chi connectivity index (χ2n) is 3.78. The summed E-state index contributed by atoms with van der Waals surface area (Å²) in [6.07, 6.45) is 0.